The van der Waals surface area contributed by atoms with Crippen LogP contribution in [0.15, 0.2) is 30.5 Å². The van der Waals surface area contributed by atoms with Crippen molar-refractivity contribution in [3.8, 4) is 0 Å². The van der Waals surface area contributed by atoms with Gasteiger partial charge in [-0.25, -0.2) is 0 Å². The first-order valence-electron chi connectivity index (χ1n) is 6.05. The number of rotatable bonds is 4. The second-order valence-corrected chi connectivity index (χ2v) is 4.94. The maximum absolute atomic E-state index is 6.18. The summed E-state index contributed by atoms with van der Waals surface area (Å²) in [6, 6.07) is 8.15. The zero-order valence-corrected chi connectivity index (χ0v) is 11.7. The Labute approximate surface area is 113 Å². The van der Waals surface area contributed by atoms with Gasteiger partial charge in [-0.15, -0.1) is 0 Å². The van der Waals surface area contributed by atoms with Crippen LogP contribution in [0.1, 0.15) is 29.8 Å². The van der Waals surface area contributed by atoms with Crippen molar-refractivity contribution < 1.29 is 0 Å². The minimum absolute atomic E-state index is 0.221. The zero-order valence-electron chi connectivity index (χ0n) is 10.9. The molecule has 96 valence electrons. The second-order valence-electron chi connectivity index (χ2n) is 4.54. The summed E-state index contributed by atoms with van der Waals surface area (Å²) in [5.41, 5.74) is 3.41. The smallest absolute Gasteiger partial charge is 0.0638 e. The van der Waals surface area contributed by atoms with Gasteiger partial charge in [0.05, 0.1) is 5.69 Å². The van der Waals surface area contributed by atoms with Crippen molar-refractivity contribution in [2.75, 3.05) is 0 Å². The maximum Gasteiger partial charge on any atom is 0.0638 e. The molecule has 1 aromatic heterocycles. The SMILES string of the molecule is Cc1nn(C)cc1CNC(C)c1ccccc1Cl. The van der Waals surface area contributed by atoms with Gasteiger partial charge in [0.15, 0.2) is 0 Å². The number of aromatic nitrogens is 2. The van der Waals surface area contributed by atoms with Crippen LogP contribution in [0.4, 0.5) is 0 Å². The lowest BCUT2D eigenvalue weighted by molar-refractivity contribution is 0.573. The molecule has 0 fully saturated rings. The third-order valence-electron chi connectivity index (χ3n) is 3.09. The summed E-state index contributed by atoms with van der Waals surface area (Å²) in [7, 11) is 1.94. The minimum atomic E-state index is 0.221. The highest BCUT2D eigenvalue weighted by atomic mass is 35.5. The molecule has 0 aliphatic heterocycles. The van der Waals surface area contributed by atoms with Crippen molar-refractivity contribution in [2.24, 2.45) is 7.05 Å². The molecular formula is C14H18ClN3. The topological polar surface area (TPSA) is 29.9 Å². The van der Waals surface area contributed by atoms with E-state index in [2.05, 4.69) is 23.4 Å². The molecule has 1 aromatic carbocycles. The number of hydrogen-bond donors (Lipinski definition) is 1. The zero-order chi connectivity index (χ0) is 13.1. The lowest BCUT2D eigenvalue weighted by atomic mass is 10.1. The lowest BCUT2D eigenvalue weighted by Gasteiger charge is -2.15. The molecule has 1 heterocycles. The van der Waals surface area contributed by atoms with E-state index in [1.807, 2.05) is 43.0 Å². The molecule has 2 aromatic rings. The Balaban J connectivity index is 2.03. The average molecular weight is 264 g/mol. The average Bonchev–Trinajstić information content (AvgIpc) is 2.65. The van der Waals surface area contributed by atoms with Crippen LogP contribution in [0.25, 0.3) is 0 Å². The van der Waals surface area contributed by atoms with Gasteiger partial charge in [0, 0.05) is 36.4 Å². The van der Waals surface area contributed by atoms with Crippen LogP contribution in [0.5, 0.6) is 0 Å². The molecular weight excluding hydrogens is 246 g/mol. The molecule has 0 spiro atoms. The molecule has 0 aliphatic carbocycles. The van der Waals surface area contributed by atoms with E-state index in [1.54, 1.807) is 0 Å². The van der Waals surface area contributed by atoms with Crippen LogP contribution in [-0.4, -0.2) is 9.78 Å². The number of aryl methyl sites for hydroxylation is 2. The van der Waals surface area contributed by atoms with Gasteiger partial charge in [0.25, 0.3) is 0 Å². The largest absolute Gasteiger partial charge is 0.306 e. The third kappa shape index (κ3) is 2.92. The van der Waals surface area contributed by atoms with E-state index in [1.165, 1.54) is 5.56 Å². The monoisotopic (exact) mass is 263 g/mol. The first-order chi connectivity index (χ1) is 8.58. The van der Waals surface area contributed by atoms with Crippen molar-refractivity contribution in [1.29, 1.82) is 0 Å². The highest BCUT2D eigenvalue weighted by Crippen LogP contribution is 2.22. The normalized spacial score (nSPS) is 12.7. The summed E-state index contributed by atoms with van der Waals surface area (Å²) >= 11 is 6.18. The molecule has 0 amide bonds. The number of hydrogen-bond acceptors (Lipinski definition) is 2. The van der Waals surface area contributed by atoms with Crippen LogP contribution < -0.4 is 5.32 Å². The van der Waals surface area contributed by atoms with E-state index in [0.29, 0.717) is 0 Å². The summed E-state index contributed by atoms with van der Waals surface area (Å²) in [4.78, 5) is 0. The minimum Gasteiger partial charge on any atom is -0.306 e. The fraction of sp³-hybridized carbons (Fsp3) is 0.357. The Bertz CT molecular complexity index is 534. The van der Waals surface area contributed by atoms with Crippen molar-refractivity contribution in [3.63, 3.8) is 0 Å². The fourth-order valence-corrected chi connectivity index (χ4v) is 2.32. The van der Waals surface area contributed by atoms with E-state index in [-0.39, 0.29) is 6.04 Å². The van der Waals surface area contributed by atoms with Crippen molar-refractivity contribution in [2.45, 2.75) is 26.4 Å². The van der Waals surface area contributed by atoms with Gasteiger partial charge >= 0.3 is 0 Å². The molecule has 3 nitrogen and oxygen atoms in total. The van der Waals surface area contributed by atoms with Gasteiger partial charge < -0.3 is 5.32 Å². The molecule has 4 heteroatoms. The number of nitrogens with one attached hydrogen (secondary N) is 1. The molecule has 1 unspecified atom stereocenters. The number of halogens is 1. The van der Waals surface area contributed by atoms with Gasteiger partial charge in [-0.1, -0.05) is 29.8 Å². The Kier molecular flexibility index (Phi) is 4.04. The number of nitrogens with zero attached hydrogens (tertiary/aromatic N) is 2. The summed E-state index contributed by atoms with van der Waals surface area (Å²) in [6.45, 7) is 4.94. The quantitative estimate of drug-likeness (QED) is 0.918. The highest BCUT2D eigenvalue weighted by Gasteiger charge is 2.10. The molecule has 0 bridgehead atoms. The van der Waals surface area contributed by atoms with Crippen LogP contribution in [-0.2, 0) is 13.6 Å². The van der Waals surface area contributed by atoms with Crippen molar-refractivity contribution in [3.05, 3.63) is 52.3 Å². The number of benzene rings is 1. The first-order valence-corrected chi connectivity index (χ1v) is 6.42. The third-order valence-corrected chi connectivity index (χ3v) is 3.43. The van der Waals surface area contributed by atoms with Crippen LogP contribution in [0.3, 0.4) is 0 Å². The predicted octanol–water partition coefficient (Wildman–Crippen LogP) is 3.23. The van der Waals surface area contributed by atoms with E-state index in [0.717, 1.165) is 22.8 Å². The molecule has 0 radical (unpaired) electrons. The van der Waals surface area contributed by atoms with Crippen molar-refractivity contribution in [1.82, 2.24) is 15.1 Å². The van der Waals surface area contributed by atoms with Gasteiger partial charge in [-0.3, -0.25) is 4.68 Å². The van der Waals surface area contributed by atoms with Crippen LogP contribution in [0.2, 0.25) is 5.02 Å². The molecule has 0 aliphatic rings. The molecule has 1 N–H and O–H groups in total. The highest BCUT2D eigenvalue weighted by molar-refractivity contribution is 6.31. The molecule has 2 rings (SSSR count). The Morgan fingerprint density at radius 2 is 2.11 bits per heavy atom. The van der Waals surface area contributed by atoms with Crippen molar-refractivity contribution >= 4 is 11.6 Å². The first kappa shape index (κ1) is 13.1. The van der Waals surface area contributed by atoms with E-state index in [9.17, 15) is 0 Å². The second kappa shape index (κ2) is 5.55. The van der Waals surface area contributed by atoms with Crippen LogP contribution >= 0.6 is 11.6 Å². The molecule has 0 saturated carbocycles. The maximum atomic E-state index is 6.18. The lowest BCUT2D eigenvalue weighted by Crippen LogP contribution is -2.18. The van der Waals surface area contributed by atoms with E-state index in [4.69, 9.17) is 11.6 Å². The molecule has 1 atom stereocenters. The van der Waals surface area contributed by atoms with Crippen LogP contribution in [0, 0.1) is 6.92 Å². The summed E-state index contributed by atoms with van der Waals surface area (Å²) in [5, 5.41) is 8.61. The summed E-state index contributed by atoms with van der Waals surface area (Å²) < 4.78 is 1.84. The van der Waals surface area contributed by atoms with Gasteiger partial charge in [-0.05, 0) is 25.5 Å². The summed E-state index contributed by atoms with van der Waals surface area (Å²) in [5.74, 6) is 0. The van der Waals surface area contributed by atoms with Gasteiger partial charge in [0.1, 0.15) is 0 Å². The molecule has 0 saturated heterocycles. The Morgan fingerprint density at radius 3 is 2.72 bits per heavy atom. The standard InChI is InChI=1S/C14H18ClN3/c1-10-12(9-18(3)17-10)8-16-11(2)13-6-4-5-7-14(13)15/h4-7,9,11,16H,8H2,1-3H3. The van der Waals surface area contributed by atoms with E-state index < -0.39 is 0 Å². The van der Waals surface area contributed by atoms with Gasteiger partial charge in [0.2, 0.25) is 0 Å². The Hall–Kier alpha value is -1.32. The fourth-order valence-electron chi connectivity index (χ4n) is 2.02. The summed E-state index contributed by atoms with van der Waals surface area (Å²) in [6.07, 6.45) is 2.04. The molecule has 18 heavy (non-hydrogen) atoms. The van der Waals surface area contributed by atoms with E-state index >= 15 is 0 Å². The Morgan fingerprint density at radius 1 is 1.39 bits per heavy atom. The predicted molar refractivity (Wildman–Crippen MR) is 74.7 cm³/mol. The van der Waals surface area contributed by atoms with Gasteiger partial charge in [-0.2, -0.15) is 5.10 Å².